The van der Waals surface area contributed by atoms with Gasteiger partial charge in [0, 0.05) is 68.7 Å². The Hall–Kier alpha value is -5.28. The number of aryl methyl sites for hydroxylation is 2. The number of phenols is 1. The largest absolute Gasteiger partial charge is 0.508 e. The Kier molecular flexibility index (Phi) is 10.7. The van der Waals surface area contributed by atoms with Gasteiger partial charge in [0.2, 0.25) is 11.8 Å². The second-order valence-electron chi connectivity index (χ2n) is 17.5. The summed E-state index contributed by atoms with van der Waals surface area (Å²) in [4.78, 5) is 57.0. The van der Waals surface area contributed by atoms with Gasteiger partial charge >= 0.3 is 0 Å². The van der Waals surface area contributed by atoms with Crippen LogP contribution < -0.4 is 5.32 Å². The van der Waals surface area contributed by atoms with Gasteiger partial charge in [-0.25, -0.2) is 0 Å². The number of carbonyl (C=O) groups is 4. The summed E-state index contributed by atoms with van der Waals surface area (Å²) in [7, 11) is 0. The summed E-state index contributed by atoms with van der Waals surface area (Å²) in [6, 6.07) is 29.2. The normalized spacial score (nSPS) is 22.4. The molecule has 2 N–H and O–H groups in total. The molecule has 0 aromatic heterocycles. The van der Waals surface area contributed by atoms with E-state index < -0.39 is 11.9 Å². The van der Waals surface area contributed by atoms with Gasteiger partial charge in [0.05, 0.1) is 0 Å². The van der Waals surface area contributed by atoms with E-state index in [1.54, 1.807) is 4.90 Å². The molecule has 4 heterocycles. The van der Waals surface area contributed by atoms with Gasteiger partial charge in [-0.3, -0.25) is 24.5 Å². The summed E-state index contributed by atoms with van der Waals surface area (Å²) in [6.07, 6.45) is 8.43. The fourth-order valence-corrected chi connectivity index (χ4v) is 10.7. The van der Waals surface area contributed by atoms with Crippen molar-refractivity contribution in [3.05, 3.63) is 135 Å². The maximum absolute atomic E-state index is 13.5. The first-order valence-corrected chi connectivity index (χ1v) is 21.5. The summed E-state index contributed by atoms with van der Waals surface area (Å²) >= 11 is 0. The highest BCUT2D eigenvalue weighted by Gasteiger charge is 2.42. The average molecular weight is 779 g/mol. The Morgan fingerprint density at radius 3 is 2.29 bits per heavy atom. The van der Waals surface area contributed by atoms with Crippen LogP contribution in [0, 0.1) is 11.8 Å². The van der Waals surface area contributed by atoms with Crippen LogP contribution in [0.1, 0.15) is 123 Å². The molecule has 9 heteroatoms. The van der Waals surface area contributed by atoms with E-state index in [1.165, 1.54) is 47.1 Å². The average Bonchev–Trinajstić information content (AvgIpc) is 3.69. The van der Waals surface area contributed by atoms with Crippen molar-refractivity contribution in [2.75, 3.05) is 26.2 Å². The summed E-state index contributed by atoms with van der Waals surface area (Å²) in [6.45, 7) is 6.91. The molecule has 9 nitrogen and oxygen atoms in total. The smallest absolute Gasteiger partial charge is 0.255 e. The van der Waals surface area contributed by atoms with Crippen LogP contribution in [0.15, 0.2) is 84.9 Å². The second kappa shape index (κ2) is 16.2. The predicted octanol–water partition coefficient (Wildman–Crippen LogP) is 7.34. The van der Waals surface area contributed by atoms with Crippen molar-refractivity contribution in [1.29, 1.82) is 0 Å². The Bertz CT molecular complexity index is 2210. The molecule has 1 aliphatic carbocycles. The maximum Gasteiger partial charge on any atom is 0.255 e. The van der Waals surface area contributed by atoms with Gasteiger partial charge in [-0.05, 0) is 120 Å². The highest BCUT2D eigenvalue weighted by Crippen LogP contribution is 2.47. The first-order chi connectivity index (χ1) is 28.2. The number of likely N-dealkylation sites (tertiary alicyclic amines) is 1. The molecule has 9 rings (SSSR count). The number of fused-ring (bicyclic) bond motifs is 3. The van der Waals surface area contributed by atoms with Crippen LogP contribution in [0.3, 0.4) is 0 Å². The van der Waals surface area contributed by atoms with Crippen molar-refractivity contribution in [3.63, 3.8) is 0 Å². The SMILES string of the molecule is CCCC(CCCc1ccc(C2c3ccc(O)cc3CCC2c2ccccc2)cc1)CN1CC(CN2Cc3cc4c(cc3C2=O)CN(C2CCC(=O)NC2=O)C4=O)C1. The molecular formula is C49H54N4O5. The molecule has 0 bridgehead atoms. The zero-order chi connectivity index (χ0) is 39.9. The number of piperidine rings is 1. The molecule has 58 heavy (non-hydrogen) atoms. The lowest BCUT2D eigenvalue weighted by Gasteiger charge is -2.42. The molecule has 4 aliphatic heterocycles. The minimum absolute atomic E-state index is 0.0277. The topological polar surface area (TPSA) is 110 Å². The molecule has 4 unspecified atom stereocenters. The molecule has 300 valence electrons. The molecule has 5 aliphatic rings. The lowest BCUT2D eigenvalue weighted by Crippen LogP contribution is -2.52. The van der Waals surface area contributed by atoms with Gasteiger partial charge in [0.1, 0.15) is 11.8 Å². The number of carbonyl (C=O) groups excluding carboxylic acids is 4. The number of phenolic OH excluding ortho intramolecular Hbond substituents is 1. The summed E-state index contributed by atoms with van der Waals surface area (Å²) in [5.41, 5.74) is 9.60. The van der Waals surface area contributed by atoms with Crippen LogP contribution in [0.25, 0.3) is 0 Å². The quantitative estimate of drug-likeness (QED) is 0.138. The minimum atomic E-state index is -0.658. The maximum atomic E-state index is 13.5. The number of benzene rings is 4. The third kappa shape index (κ3) is 7.57. The summed E-state index contributed by atoms with van der Waals surface area (Å²) < 4.78 is 0. The van der Waals surface area contributed by atoms with E-state index in [1.807, 2.05) is 29.2 Å². The Labute approximate surface area is 341 Å². The zero-order valence-electron chi connectivity index (χ0n) is 33.5. The standard InChI is InChI=1S/C49H54N4O5/c1-2-7-32(9-6-8-31-12-14-35(15-13-31)46-40(34-10-4-3-5-11-34)18-16-36-22-39(54)17-19-41(36)46)25-51-26-33(27-51)28-52-29-37-23-43-38(24-42(37)48(52)57)30-53(49(43)58)44-20-21-45(55)50-47(44)56/h3-5,10-15,17,19,22-24,32-33,40,44,46,54H,2,6-9,16,18,20-21,25-30H2,1H3,(H,50,55,56). The van der Waals surface area contributed by atoms with Gasteiger partial charge in [-0.1, -0.05) is 74.0 Å². The van der Waals surface area contributed by atoms with Crippen LogP contribution in [0.5, 0.6) is 5.75 Å². The fraction of sp³-hybridized carbons (Fsp3) is 0.429. The number of hydrogen-bond acceptors (Lipinski definition) is 6. The molecule has 4 atom stereocenters. The first kappa shape index (κ1) is 38.2. The zero-order valence-corrected chi connectivity index (χ0v) is 33.5. The third-order valence-corrected chi connectivity index (χ3v) is 13.6. The molecule has 0 radical (unpaired) electrons. The molecular weight excluding hydrogens is 725 g/mol. The lowest BCUT2D eigenvalue weighted by molar-refractivity contribution is -0.136. The Morgan fingerprint density at radius 1 is 0.776 bits per heavy atom. The number of amides is 4. The molecule has 4 aromatic carbocycles. The number of hydrogen-bond donors (Lipinski definition) is 2. The monoisotopic (exact) mass is 778 g/mol. The Balaban J connectivity index is 0.755. The van der Waals surface area contributed by atoms with Gasteiger partial charge in [-0.2, -0.15) is 0 Å². The molecule has 2 fully saturated rings. The molecule has 0 saturated carbocycles. The molecule has 2 saturated heterocycles. The Morgan fingerprint density at radius 2 is 1.53 bits per heavy atom. The van der Waals surface area contributed by atoms with Crippen LogP contribution in [-0.2, 0) is 35.5 Å². The van der Waals surface area contributed by atoms with E-state index >= 15 is 0 Å². The van der Waals surface area contributed by atoms with Crippen LogP contribution in [0.4, 0.5) is 0 Å². The number of nitrogens with one attached hydrogen (secondary N) is 1. The number of rotatable bonds is 13. The second-order valence-corrected chi connectivity index (χ2v) is 17.5. The highest BCUT2D eigenvalue weighted by atomic mass is 16.3. The van der Waals surface area contributed by atoms with E-state index in [2.05, 4.69) is 77.8 Å². The van der Waals surface area contributed by atoms with Crippen molar-refractivity contribution in [2.45, 2.75) is 95.7 Å². The van der Waals surface area contributed by atoms with Crippen LogP contribution in [-0.4, -0.2) is 75.7 Å². The minimum Gasteiger partial charge on any atom is -0.508 e. The van der Waals surface area contributed by atoms with E-state index in [0.717, 1.165) is 63.0 Å². The van der Waals surface area contributed by atoms with Crippen molar-refractivity contribution in [1.82, 2.24) is 20.0 Å². The summed E-state index contributed by atoms with van der Waals surface area (Å²) in [5, 5.41) is 12.6. The van der Waals surface area contributed by atoms with E-state index in [9.17, 15) is 24.3 Å². The van der Waals surface area contributed by atoms with Crippen molar-refractivity contribution in [2.24, 2.45) is 11.8 Å². The summed E-state index contributed by atoms with van der Waals surface area (Å²) in [5.74, 6) is 1.22. The highest BCUT2D eigenvalue weighted by molar-refractivity contribution is 6.07. The third-order valence-electron chi connectivity index (χ3n) is 13.6. The van der Waals surface area contributed by atoms with Crippen molar-refractivity contribution >= 4 is 23.6 Å². The molecule has 4 amide bonds. The van der Waals surface area contributed by atoms with E-state index in [0.29, 0.717) is 47.6 Å². The number of nitrogens with zero attached hydrogens (tertiary/aromatic N) is 3. The number of aromatic hydroxyl groups is 1. The van der Waals surface area contributed by atoms with Crippen molar-refractivity contribution < 1.29 is 24.3 Å². The van der Waals surface area contributed by atoms with Gasteiger partial charge < -0.3 is 19.8 Å². The first-order valence-electron chi connectivity index (χ1n) is 21.5. The van der Waals surface area contributed by atoms with Gasteiger partial charge in [0.15, 0.2) is 0 Å². The van der Waals surface area contributed by atoms with Gasteiger partial charge in [0.25, 0.3) is 11.8 Å². The fourth-order valence-electron chi connectivity index (χ4n) is 10.7. The molecule has 4 aromatic rings. The number of imide groups is 1. The van der Waals surface area contributed by atoms with E-state index in [-0.39, 0.29) is 36.6 Å². The van der Waals surface area contributed by atoms with Crippen LogP contribution in [0.2, 0.25) is 0 Å². The van der Waals surface area contributed by atoms with Gasteiger partial charge in [-0.15, -0.1) is 0 Å². The van der Waals surface area contributed by atoms with Crippen molar-refractivity contribution in [3.8, 4) is 5.75 Å². The predicted molar refractivity (Wildman–Crippen MR) is 222 cm³/mol. The van der Waals surface area contributed by atoms with Crippen LogP contribution >= 0.6 is 0 Å². The lowest BCUT2D eigenvalue weighted by atomic mass is 9.69. The molecule has 0 spiro atoms. The van der Waals surface area contributed by atoms with E-state index in [4.69, 9.17) is 0 Å².